The lowest BCUT2D eigenvalue weighted by Gasteiger charge is -2.09. The molecule has 2 aromatic heterocycles. The Bertz CT molecular complexity index is 1520. The molecule has 3 N–H and O–H groups in total. The lowest BCUT2D eigenvalue weighted by molar-refractivity contribution is -0.114. The first-order chi connectivity index (χ1) is 17.6. The van der Waals surface area contributed by atoms with Crippen molar-refractivity contribution in [3.05, 3.63) is 66.7 Å². The number of fused-ring (bicyclic) bond motifs is 2. The smallest absolute Gasteiger partial charge is 0.234 e. The molecule has 0 aliphatic heterocycles. The predicted molar refractivity (Wildman–Crippen MR) is 147 cm³/mol. The number of aromatic nitrogens is 3. The van der Waals surface area contributed by atoms with Gasteiger partial charge in [-0.05, 0) is 42.5 Å². The summed E-state index contributed by atoms with van der Waals surface area (Å²) in [5, 5.41) is 6.50. The Labute approximate surface area is 219 Å². The van der Waals surface area contributed by atoms with Crippen LogP contribution in [0.1, 0.15) is 0 Å². The van der Waals surface area contributed by atoms with Crippen molar-refractivity contribution in [2.75, 3.05) is 29.2 Å². The number of methoxy groups -OCH3 is 1. The average molecular weight is 536 g/mol. The number of thioether (sulfide) groups is 2. The summed E-state index contributed by atoms with van der Waals surface area (Å²) in [6.45, 7) is 0. The van der Waals surface area contributed by atoms with E-state index in [2.05, 4.69) is 25.6 Å². The van der Waals surface area contributed by atoms with Crippen molar-refractivity contribution in [2.24, 2.45) is 0 Å². The molecule has 0 radical (unpaired) electrons. The molecule has 0 aliphatic carbocycles. The molecule has 0 spiro atoms. The minimum absolute atomic E-state index is 0.119. The van der Waals surface area contributed by atoms with E-state index < -0.39 is 0 Å². The van der Waals surface area contributed by atoms with E-state index >= 15 is 0 Å². The summed E-state index contributed by atoms with van der Waals surface area (Å²) in [4.78, 5) is 37.1. The number of amides is 2. The fourth-order valence-corrected chi connectivity index (χ4v) is 6.03. The molecule has 0 atom stereocenters. The molecule has 182 valence electrons. The summed E-state index contributed by atoms with van der Waals surface area (Å²) in [5.74, 6) is 0.815. The Hall–Kier alpha value is -3.54. The molecule has 0 saturated carbocycles. The number of aromatic amines is 1. The molecule has 2 heterocycles. The monoisotopic (exact) mass is 535 g/mol. The molecule has 5 rings (SSSR count). The summed E-state index contributed by atoms with van der Waals surface area (Å²) in [6.07, 6.45) is 0. The van der Waals surface area contributed by atoms with Crippen LogP contribution in [-0.4, -0.2) is 45.4 Å². The van der Waals surface area contributed by atoms with Crippen molar-refractivity contribution in [1.82, 2.24) is 15.0 Å². The minimum Gasteiger partial charge on any atom is -0.495 e. The number of ether oxygens (including phenoxy) is 1. The largest absolute Gasteiger partial charge is 0.495 e. The second-order valence-electron chi connectivity index (χ2n) is 7.60. The van der Waals surface area contributed by atoms with Crippen LogP contribution in [0.5, 0.6) is 5.75 Å². The number of carbonyl (C=O) groups excluding carboxylic acids is 2. The SMILES string of the molecule is COc1ccccc1NC(=O)CSc1nc2ccc(NC(=O)CSc3nc4ccccc4[nH]3)cc2s1. The second-order valence-corrected chi connectivity index (χ2v) is 10.8. The zero-order chi connectivity index (χ0) is 24.9. The zero-order valence-corrected chi connectivity index (χ0v) is 21.6. The summed E-state index contributed by atoms with van der Waals surface area (Å²) < 4.78 is 6.99. The van der Waals surface area contributed by atoms with E-state index in [-0.39, 0.29) is 23.3 Å². The number of hydrogen-bond acceptors (Lipinski definition) is 8. The van der Waals surface area contributed by atoms with Gasteiger partial charge in [0.1, 0.15) is 5.75 Å². The minimum atomic E-state index is -0.140. The van der Waals surface area contributed by atoms with Crippen LogP contribution in [0, 0.1) is 0 Å². The van der Waals surface area contributed by atoms with Gasteiger partial charge in [-0.15, -0.1) is 11.3 Å². The number of thiazole rings is 1. The number of nitrogens with zero attached hydrogens (tertiary/aromatic N) is 2. The Morgan fingerprint density at radius 1 is 0.917 bits per heavy atom. The molecule has 11 heteroatoms. The molecule has 0 fully saturated rings. The van der Waals surface area contributed by atoms with E-state index in [1.807, 2.05) is 54.6 Å². The van der Waals surface area contributed by atoms with Crippen molar-refractivity contribution >= 4 is 79.3 Å². The highest BCUT2D eigenvalue weighted by Gasteiger charge is 2.12. The van der Waals surface area contributed by atoms with Gasteiger partial charge in [-0.2, -0.15) is 0 Å². The topological polar surface area (TPSA) is 109 Å². The van der Waals surface area contributed by atoms with E-state index in [0.29, 0.717) is 22.3 Å². The predicted octanol–water partition coefficient (Wildman–Crippen LogP) is 5.64. The first-order valence-electron chi connectivity index (χ1n) is 10.9. The quantitative estimate of drug-likeness (QED) is 0.210. The number of H-pyrrole nitrogens is 1. The first kappa shape index (κ1) is 24.2. The van der Waals surface area contributed by atoms with E-state index in [4.69, 9.17) is 4.74 Å². The van der Waals surface area contributed by atoms with Crippen molar-refractivity contribution in [2.45, 2.75) is 9.50 Å². The maximum absolute atomic E-state index is 12.5. The fourth-order valence-electron chi connectivity index (χ4n) is 3.43. The summed E-state index contributed by atoms with van der Waals surface area (Å²) in [7, 11) is 1.57. The Balaban J connectivity index is 1.15. The first-order valence-corrected chi connectivity index (χ1v) is 13.7. The third kappa shape index (κ3) is 5.81. The number of benzene rings is 3. The van der Waals surface area contributed by atoms with Crippen LogP contribution < -0.4 is 15.4 Å². The van der Waals surface area contributed by atoms with Crippen molar-refractivity contribution in [3.63, 3.8) is 0 Å². The maximum atomic E-state index is 12.5. The van der Waals surface area contributed by atoms with Crippen LogP contribution in [0.3, 0.4) is 0 Å². The van der Waals surface area contributed by atoms with Crippen LogP contribution in [0.2, 0.25) is 0 Å². The number of hydrogen-bond donors (Lipinski definition) is 3. The van der Waals surface area contributed by atoms with Gasteiger partial charge in [0.15, 0.2) is 9.50 Å². The Morgan fingerprint density at radius 3 is 2.56 bits per heavy atom. The van der Waals surface area contributed by atoms with Gasteiger partial charge in [0.2, 0.25) is 11.8 Å². The lowest BCUT2D eigenvalue weighted by Crippen LogP contribution is -2.14. The molecule has 0 bridgehead atoms. The van der Waals surface area contributed by atoms with Crippen LogP contribution in [-0.2, 0) is 9.59 Å². The van der Waals surface area contributed by atoms with Gasteiger partial charge in [-0.25, -0.2) is 9.97 Å². The second kappa shape index (κ2) is 11.0. The third-order valence-corrected chi connectivity index (χ3v) is 8.10. The van der Waals surface area contributed by atoms with Gasteiger partial charge in [-0.1, -0.05) is 47.8 Å². The average Bonchev–Trinajstić information content (AvgIpc) is 3.49. The maximum Gasteiger partial charge on any atom is 0.234 e. The number of imidazole rings is 1. The highest BCUT2D eigenvalue weighted by Crippen LogP contribution is 2.32. The van der Waals surface area contributed by atoms with Gasteiger partial charge in [0.25, 0.3) is 0 Å². The molecule has 3 aromatic carbocycles. The normalized spacial score (nSPS) is 11.0. The summed E-state index contributed by atoms with van der Waals surface area (Å²) in [5.41, 5.74) is 3.98. The molecular weight excluding hydrogens is 515 g/mol. The number of nitrogens with one attached hydrogen (secondary N) is 3. The van der Waals surface area contributed by atoms with Crippen molar-refractivity contribution in [1.29, 1.82) is 0 Å². The number of anilines is 2. The summed E-state index contributed by atoms with van der Waals surface area (Å²) in [6, 6.07) is 20.6. The highest BCUT2D eigenvalue weighted by molar-refractivity contribution is 8.01. The molecule has 8 nitrogen and oxygen atoms in total. The van der Waals surface area contributed by atoms with Gasteiger partial charge < -0.3 is 20.4 Å². The Kier molecular flexibility index (Phi) is 7.40. The Morgan fingerprint density at radius 2 is 1.69 bits per heavy atom. The van der Waals surface area contributed by atoms with Crippen LogP contribution in [0.15, 0.2) is 76.2 Å². The standard InChI is InChI=1S/C25H21N5O3S3/c1-33-20-9-5-4-8-18(20)27-23(32)14-35-25-30-19-11-10-15(12-21(19)36-25)26-22(31)13-34-24-28-16-6-2-3-7-17(16)29-24/h2-12H,13-14H2,1H3,(H,26,31)(H,27,32)(H,28,29). The van der Waals surface area contributed by atoms with Gasteiger partial charge in [-0.3, -0.25) is 9.59 Å². The lowest BCUT2D eigenvalue weighted by atomic mass is 10.3. The molecule has 0 unspecified atom stereocenters. The van der Waals surface area contributed by atoms with Crippen LogP contribution in [0.4, 0.5) is 11.4 Å². The van der Waals surface area contributed by atoms with Gasteiger partial charge >= 0.3 is 0 Å². The number of rotatable bonds is 9. The molecule has 0 aliphatic rings. The highest BCUT2D eigenvalue weighted by atomic mass is 32.2. The van der Waals surface area contributed by atoms with E-state index in [9.17, 15) is 9.59 Å². The van der Waals surface area contributed by atoms with Gasteiger partial charge in [0, 0.05) is 5.69 Å². The summed E-state index contributed by atoms with van der Waals surface area (Å²) >= 11 is 4.21. The fraction of sp³-hybridized carbons (Fsp3) is 0.120. The van der Waals surface area contributed by atoms with Gasteiger partial charge in [0.05, 0.1) is 45.6 Å². The molecule has 2 amide bonds. The van der Waals surface area contributed by atoms with E-state index in [0.717, 1.165) is 25.6 Å². The molecular formula is C25H21N5O3S3. The van der Waals surface area contributed by atoms with Crippen molar-refractivity contribution < 1.29 is 14.3 Å². The van der Waals surface area contributed by atoms with E-state index in [1.54, 1.807) is 19.2 Å². The third-order valence-electron chi connectivity index (χ3n) is 5.07. The van der Waals surface area contributed by atoms with Crippen LogP contribution in [0.25, 0.3) is 21.3 Å². The van der Waals surface area contributed by atoms with Crippen molar-refractivity contribution in [3.8, 4) is 5.75 Å². The molecule has 36 heavy (non-hydrogen) atoms. The zero-order valence-electron chi connectivity index (χ0n) is 19.1. The van der Waals surface area contributed by atoms with E-state index in [1.165, 1.54) is 34.9 Å². The molecule has 0 saturated heterocycles. The molecule has 5 aromatic rings. The van der Waals surface area contributed by atoms with Crippen LogP contribution >= 0.6 is 34.9 Å². The number of para-hydroxylation sites is 4. The number of carbonyl (C=O) groups is 2.